The maximum Gasteiger partial charge on any atom is 0.573 e. The van der Waals surface area contributed by atoms with Gasteiger partial charge in [0.05, 0.1) is 0 Å². The Kier molecular flexibility index (Phi) is 4.20. The van der Waals surface area contributed by atoms with Crippen molar-refractivity contribution >= 4 is 5.82 Å². The summed E-state index contributed by atoms with van der Waals surface area (Å²) >= 11 is 0. The number of nitrogens with two attached hydrogens (primary N) is 1. The molecule has 9 heteroatoms. The van der Waals surface area contributed by atoms with Crippen LogP contribution in [-0.2, 0) is 0 Å². The van der Waals surface area contributed by atoms with Gasteiger partial charge in [0.2, 0.25) is 0 Å². The number of aromatic amines is 1. The fourth-order valence-electron chi connectivity index (χ4n) is 2.18. The van der Waals surface area contributed by atoms with Crippen molar-refractivity contribution in [3.05, 3.63) is 45.2 Å². The highest BCUT2D eigenvalue weighted by Gasteiger charge is 2.31. The highest BCUT2D eigenvalue weighted by Crippen LogP contribution is 2.34. The van der Waals surface area contributed by atoms with Crippen LogP contribution in [0.15, 0.2) is 23.0 Å². The summed E-state index contributed by atoms with van der Waals surface area (Å²) in [6.45, 7) is 1.55. The second-order valence-electron chi connectivity index (χ2n) is 4.74. The number of aryl methyl sites for hydroxylation is 1. The van der Waals surface area contributed by atoms with Crippen molar-refractivity contribution < 1.29 is 17.9 Å². The number of nitrogens with one attached hydrogen (secondary N) is 1. The number of H-pyrrole nitrogens is 1. The molecule has 0 unspecified atom stereocenters. The molecule has 3 N–H and O–H groups in total. The normalized spacial score (nSPS) is 10.8. The second kappa shape index (κ2) is 5.97. The lowest BCUT2D eigenvalue weighted by Gasteiger charge is -2.14. The Morgan fingerprint density at radius 2 is 1.83 bits per heavy atom. The molecule has 1 aromatic heterocycles. The van der Waals surface area contributed by atoms with E-state index in [1.54, 1.807) is 19.1 Å². The van der Waals surface area contributed by atoms with E-state index in [1.807, 2.05) is 0 Å². The fraction of sp³-hybridized carbons (Fsp3) is 0.133. The van der Waals surface area contributed by atoms with Crippen LogP contribution in [0.4, 0.5) is 19.0 Å². The Labute approximate surface area is 133 Å². The van der Waals surface area contributed by atoms with Crippen molar-refractivity contribution in [2.45, 2.75) is 13.3 Å². The third-order valence-corrected chi connectivity index (χ3v) is 3.18. The van der Waals surface area contributed by atoms with Crippen molar-refractivity contribution in [3.8, 4) is 29.0 Å². The molecule has 0 spiro atoms. The Morgan fingerprint density at radius 1 is 1.21 bits per heavy atom. The van der Waals surface area contributed by atoms with Gasteiger partial charge in [0.15, 0.2) is 0 Å². The molecule has 122 valence electrons. The van der Waals surface area contributed by atoms with Crippen LogP contribution in [0.25, 0.3) is 11.1 Å². The van der Waals surface area contributed by atoms with Gasteiger partial charge in [-0.1, -0.05) is 6.07 Å². The molecule has 0 aliphatic rings. The smallest absolute Gasteiger partial charge is 0.406 e. The maximum absolute atomic E-state index is 12.4. The summed E-state index contributed by atoms with van der Waals surface area (Å²) in [5.41, 5.74) is 4.48. The summed E-state index contributed by atoms with van der Waals surface area (Å²) in [6.07, 6.45) is -4.91. The van der Waals surface area contributed by atoms with E-state index in [0.29, 0.717) is 5.56 Å². The zero-order valence-corrected chi connectivity index (χ0v) is 12.2. The third kappa shape index (κ3) is 3.15. The van der Waals surface area contributed by atoms with Crippen LogP contribution in [-0.4, -0.2) is 11.3 Å². The van der Waals surface area contributed by atoms with E-state index in [2.05, 4.69) is 9.72 Å². The quantitative estimate of drug-likeness (QED) is 0.875. The summed E-state index contributed by atoms with van der Waals surface area (Å²) in [5.74, 6) is -0.826. The largest absolute Gasteiger partial charge is 0.573 e. The predicted octanol–water partition coefficient (Wildman–Crippen LogP) is 2.57. The molecule has 0 fully saturated rings. The van der Waals surface area contributed by atoms with Gasteiger partial charge in [-0.3, -0.25) is 4.79 Å². The van der Waals surface area contributed by atoms with Crippen LogP contribution in [0, 0.1) is 29.6 Å². The molecular formula is C15H9F3N4O2. The molecule has 24 heavy (non-hydrogen) atoms. The second-order valence-corrected chi connectivity index (χ2v) is 4.74. The molecular weight excluding hydrogens is 325 g/mol. The van der Waals surface area contributed by atoms with Gasteiger partial charge in [-0.2, -0.15) is 10.5 Å². The molecule has 1 heterocycles. The molecule has 0 saturated heterocycles. The van der Waals surface area contributed by atoms with Crippen molar-refractivity contribution in [3.63, 3.8) is 0 Å². The lowest BCUT2D eigenvalue weighted by Crippen LogP contribution is -2.18. The summed E-state index contributed by atoms with van der Waals surface area (Å²) in [6, 6.07) is 6.79. The number of nitrogen functional groups attached to an aromatic ring is 1. The number of hydrogen-bond acceptors (Lipinski definition) is 5. The van der Waals surface area contributed by atoms with Crippen LogP contribution in [0.2, 0.25) is 0 Å². The standard InChI is InChI=1S/C15H9F3N4O2/c1-7-2-3-8(24-15(16,17)18)4-9(7)12-10(5-19)13(21)22-14(23)11(12)6-20/h2-4H,1H3,(H3,21,22,23). The number of nitrogens with zero attached hydrogens (tertiary/aromatic N) is 2. The Bertz CT molecular complexity index is 949. The van der Waals surface area contributed by atoms with Gasteiger partial charge in [-0.25, -0.2) is 0 Å². The van der Waals surface area contributed by atoms with Crippen LogP contribution in [0.3, 0.4) is 0 Å². The number of alkyl halides is 3. The molecule has 0 atom stereocenters. The van der Waals surface area contributed by atoms with Crippen molar-refractivity contribution in [2.75, 3.05) is 5.73 Å². The Hall–Kier alpha value is -3.46. The zero-order chi connectivity index (χ0) is 18.1. The number of hydrogen-bond donors (Lipinski definition) is 2. The minimum Gasteiger partial charge on any atom is -0.406 e. The summed E-state index contributed by atoms with van der Waals surface area (Å²) in [5, 5.41) is 18.4. The molecule has 6 nitrogen and oxygen atoms in total. The van der Waals surface area contributed by atoms with Gasteiger partial charge in [0.25, 0.3) is 5.56 Å². The van der Waals surface area contributed by atoms with Gasteiger partial charge in [0, 0.05) is 5.56 Å². The Morgan fingerprint density at radius 3 is 2.38 bits per heavy atom. The first-order valence-electron chi connectivity index (χ1n) is 6.40. The molecule has 0 bridgehead atoms. The van der Waals surface area contributed by atoms with Gasteiger partial charge in [-0.05, 0) is 30.2 Å². The van der Waals surface area contributed by atoms with Crippen LogP contribution >= 0.6 is 0 Å². The summed E-state index contributed by atoms with van der Waals surface area (Å²) in [4.78, 5) is 14.0. The molecule has 2 rings (SSSR count). The number of nitriles is 2. The number of halogens is 3. The van der Waals surface area contributed by atoms with Gasteiger partial charge in [-0.15, -0.1) is 13.2 Å². The molecule has 0 aliphatic carbocycles. The van der Waals surface area contributed by atoms with Crippen molar-refractivity contribution in [2.24, 2.45) is 0 Å². The minimum absolute atomic E-state index is 0.0719. The molecule has 0 amide bonds. The molecule has 0 radical (unpaired) electrons. The SMILES string of the molecule is Cc1ccc(OC(F)(F)F)cc1-c1c(C#N)c(N)[nH]c(=O)c1C#N. The summed E-state index contributed by atoms with van der Waals surface area (Å²) in [7, 11) is 0. The summed E-state index contributed by atoms with van der Waals surface area (Å²) < 4.78 is 41.0. The predicted molar refractivity (Wildman–Crippen MR) is 77.8 cm³/mol. The first-order valence-corrected chi connectivity index (χ1v) is 6.40. The first kappa shape index (κ1) is 16.9. The molecule has 1 aromatic carbocycles. The average Bonchev–Trinajstić information content (AvgIpc) is 2.47. The van der Waals surface area contributed by atoms with Crippen molar-refractivity contribution in [1.29, 1.82) is 10.5 Å². The monoisotopic (exact) mass is 334 g/mol. The van der Waals surface area contributed by atoms with E-state index in [9.17, 15) is 28.5 Å². The van der Waals surface area contributed by atoms with E-state index < -0.39 is 23.2 Å². The molecule has 0 aliphatic heterocycles. The van der Waals surface area contributed by atoms with E-state index in [0.717, 1.165) is 12.1 Å². The molecule has 0 saturated carbocycles. The van der Waals surface area contributed by atoms with E-state index in [4.69, 9.17) is 5.73 Å². The average molecular weight is 334 g/mol. The van der Waals surface area contributed by atoms with E-state index >= 15 is 0 Å². The van der Waals surface area contributed by atoms with Crippen molar-refractivity contribution in [1.82, 2.24) is 4.98 Å². The lowest BCUT2D eigenvalue weighted by atomic mass is 9.93. The number of benzene rings is 1. The minimum atomic E-state index is -4.91. The molecule has 2 aromatic rings. The van der Waals surface area contributed by atoms with E-state index in [1.165, 1.54) is 6.07 Å². The Balaban J connectivity index is 2.82. The fourth-order valence-corrected chi connectivity index (χ4v) is 2.18. The maximum atomic E-state index is 12.4. The van der Waals surface area contributed by atoms with Crippen LogP contribution in [0.1, 0.15) is 16.7 Å². The number of rotatable bonds is 2. The first-order chi connectivity index (χ1) is 11.2. The highest BCUT2D eigenvalue weighted by atomic mass is 19.4. The zero-order valence-electron chi connectivity index (χ0n) is 12.2. The van der Waals surface area contributed by atoms with Crippen LogP contribution < -0.4 is 16.0 Å². The topological polar surface area (TPSA) is 116 Å². The number of pyridine rings is 1. The lowest BCUT2D eigenvalue weighted by molar-refractivity contribution is -0.274. The number of aromatic nitrogens is 1. The van der Waals surface area contributed by atoms with Gasteiger partial charge >= 0.3 is 6.36 Å². The van der Waals surface area contributed by atoms with Gasteiger partial charge < -0.3 is 15.5 Å². The van der Waals surface area contributed by atoms with Gasteiger partial charge in [0.1, 0.15) is 34.8 Å². The number of anilines is 1. The van der Waals surface area contributed by atoms with E-state index in [-0.39, 0.29) is 22.5 Å². The number of ether oxygens (including phenoxy) is 1. The third-order valence-electron chi connectivity index (χ3n) is 3.18. The van der Waals surface area contributed by atoms with Crippen LogP contribution in [0.5, 0.6) is 5.75 Å². The highest BCUT2D eigenvalue weighted by molar-refractivity contribution is 5.82.